The third-order valence-corrected chi connectivity index (χ3v) is 3.69. The van der Waals surface area contributed by atoms with Crippen molar-refractivity contribution in [3.05, 3.63) is 33.9 Å². The molecule has 7 nitrogen and oxygen atoms in total. The minimum absolute atomic E-state index is 0.0343. The third-order valence-electron chi connectivity index (χ3n) is 2.62. The lowest BCUT2D eigenvalue weighted by atomic mass is 10.1. The quantitative estimate of drug-likeness (QED) is 0.406. The Balaban J connectivity index is 2.62. The Kier molecular flexibility index (Phi) is 7.55. The molecule has 0 aliphatic rings. The SMILES string of the molecule is COc1c(C(=O)NCCSCCCO)cccc1[N+](=O)[O-]. The Morgan fingerprint density at radius 1 is 1.48 bits per heavy atom. The maximum absolute atomic E-state index is 12.0. The zero-order valence-electron chi connectivity index (χ0n) is 11.7. The van der Waals surface area contributed by atoms with Crippen molar-refractivity contribution in [2.24, 2.45) is 0 Å². The highest BCUT2D eigenvalue weighted by Crippen LogP contribution is 2.30. The molecule has 0 spiro atoms. The van der Waals surface area contributed by atoms with Gasteiger partial charge in [0.05, 0.1) is 17.6 Å². The van der Waals surface area contributed by atoms with Crippen molar-refractivity contribution < 1.29 is 19.6 Å². The molecule has 1 aromatic rings. The summed E-state index contributed by atoms with van der Waals surface area (Å²) >= 11 is 1.62. The first-order valence-corrected chi connectivity index (χ1v) is 7.55. The van der Waals surface area contributed by atoms with Crippen LogP contribution in [0.3, 0.4) is 0 Å². The molecule has 1 amide bonds. The van der Waals surface area contributed by atoms with Crippen LogP contribution in [0.15, 0.2) is 18.2 Å². The van der Waals surface area contributed by atoms with Gasteiger partial charge in [0.2, 0.25) is 5.75 Å². The average Bonchev–Trinajstić information content (AvgIpc) is 2.49. The number of amides is 1. The number of methoxy groups -OCH3 is 1. The standard InChI is InChI=1S/C13H18N2O5S/c1-20-12-10(4-2-5-11(12)15(18)19)13(17)14-6-9-21-8-3-7-16/h2,4-5,16H,3,6-9H2,1H3,(H,14,17). The van der Waals surface area contributed by atoms with Gasteiger partial charge in [-0.15, -0.1) is 0 Å². The number of ether oxygens (including phenoxy) is 1. The van der Waals surface area contributed by atoms with Gasteiger partial charge >= 0.3 is 5.69 Å². The Morgan fingerprint density at radius 2 is 2.24 bits per heavy atom. The summed E-state index contributed by atoms with van der Waals surface area (Å²) in [5.41, 5.74) is -0.0884. The van der Waals surface area contributed by atoms with Crippen LogP contribution in [0.4, 0.5) is 5.69 Å². The molecule has 0 saturated carbocycles. The fraction of sp³-hybridized carbons (Fsp3) is 0.462. The highest BCUT2D eigenvalue weighted by molar-refractivity contribution is 7.99. The lowest BCUT2D eigenvalue weighted by Crippen LogP contribution is -2.26. The maximum atomic E-state index is 12.0. The Morgan fingerprint density at radius 3 is 2.86 bits per heavy atom. The first-order valence-electron chi connectivity index (χ1n) is 6.40. The van der Waals surface area contributed by atoms with Crippen LogP contribution in [-0.4, -0.2) is 47.7 Å². The monoisotopic (exact) mass is 314 g/mol. The Hall–Kier alpha value is -1.80. The maximum Gasteiger partial charge on any atom is 0.311 e. The molecule has 0 heterocycles. The van der Waals surface area contributed by atoms with Gasteiger partial charge in [-0.2, -0.15) is 11.8 Å². The second-order valence-electron chi connectivity index (χ2n) is 4.06. The Bertz CT molecular complexity index is 495. The van der Waals surface area contributed by atoms with Crippen molar-refractivity contribution in [3.8, 4) is 5.75 Å². The molecule has 2 N–H and O–H groups in total. The summed E-state index contributed by atoms with van der Waals surface area (Å²) < 4.78 is 4.98. The number of carbonyl (C=O) groups is 1. The number of aliphatic hydroxyl groups is 1. The van der Waals surface area contributed by atoms with Crippen molar-refractivity contribution in [2.45, 2.75) is 6.42 Å². The van der Waals surface area contributed by atoms with E-state index in [4.69, 9.17) is 9.84 Å². The zero-order chi connectivity index (χ0) is 15.7. The second kappa shape index (κ2) is 9.19. The van der Waals surface area contributed by atoms with E-state index in [2.05, 4.69) is 5.32 Å². The summed E-state index contributed by atoms with van der Waals surface area (Å²) in [5, 5.41) is 22.2. The predicted molar refractivity (Wildman–Crippen MR) is 81.0 cm³/mol. The van der Waals surface area contributed by atoms with Gasteiger partial charge < -0.3 is 15.2 Å². The predicted octanol–water partition coefficient (Wildman–Crippen LogP) is 1.45. The van der Waals surface area contributed by atoms with Crippen molar-refractivity contribution in [1.82, 2.24) is 5.32 Å². The number of para-hydroxylation sites is 1. The number of carbonyl (C=O) groups excluding carboxylic acids is 1. The minimum Gasteiger partial charge on any atom is -0.490 e. The molecule has 21 heavy (non-hydrogen) atoms. The summed E-state index contributed by atoms with van der Waals surface area (Å²) in [4.78, 5) is 22.3. The van der Waals surface area contributed by atoms with Crippen molar-refractivity contribution in [3.63, 3.8) is 0 Å². The van der Waals surface area contributed by atoms with Crippen LogP contribution in [0.25, 0.3) is 0 Å². The van der Waals surface area contributed by atoms with Gasteiger partial charge in [0.1, 0.15) is 0 Å². The molecule has 0 radical (unpaired) electrons. The first-order chi connectivity index (χ1) is 10.1. The number of nitrogens with zero attached hydrogens (tertiary/aromatic N) is 1. The van der Waals surface area contributed by atoms with Crippen molar-refractivity contribution in [2.75, 3.05) is 31.8 Å². The molecule has 116 valence electrons. The van der Waals surface area contributed by atoms with Crippen LogP contribution in [0.5, 0.6) is 5.75 Å². The normalized spacial score (nSPS) is 10.2. The molecular formula is C13H18N2O5S. The highest BCUT2D eigenvalue weighted by Gasteiger charge is 2.22. The molecule has 1 rings (SSSR count). The molecule has 0 bridgehead atoms. The largest absolute Gasteiger partial charge is 0.490 e. The van der Waals surface area contributed by atoms with E-state index >= 15 is 0 Å². The van der Waals surface area contributed by atoms with Crippen LogP contribution in [0.2, 0.25) is 0 Å². The van der Waals surface area contributed by atoms with Crippen molar-refractivity contribution in [1.29, 1.82) is 0 Å². The molecule has 0 aliphatic heterocycles. The second-order valence-corrected chi connectivity index (χ2v) is 5.29. The van der Waals surface area contributed by atoms with Gasteiger partial charge in [0.25, 0.3) is 5.91 Å². The number of aliphatic hydroxyl groups excluding tert-OH is 1. The summed E-state index contributed by atoms with van der Waals surface area (Å²) in [6, 6.07) is 4.23. The molecule has 0 aliphatic carbocycles. The lowest BCUT2D eigenvalue weighted by Gasteiger charge is -2.09. The molecule has 0 unspecified atom stereocenters. The van der Waals surface area contributed by atoms with Gasteiger partial charge in [-0.25, -0.2) is 0 Å². The van der Waals surface area contributed by atoms with Gasteiger partial charge in [-0.05, 0) is 18.2 Å². The first kappa shape index (κ1) is 17.3. The minimum atomic E-state index is -0.583. The summed E-state index contributed by atoms with van der Waals surface area (Å²) in [6.07, 6.45) is 0.720. The topological polar surface area (TPSA) is 102 Å². The van der Waals surface area contributed by atoms with E-state index in [0.717, 1.165) is 12.2 Å². The van der Waals surface area contributed by atoms with E-state index in [9.17, 15) is 14.9 Å². The number of nitro benzene ring substituents is 1. The van der Waals surface area contributed by atoms with E-state index in [-0.39, 0.29) is 23.6 Å². The van der Waals surface area contributed by atoms with E-state index in [0.29, 0.717) is 12.3 Å². The summed E-state index contributed by atoms with van der Waals surface area (Å²) in [6.45, 7) is 0.602. The highest BCUT2D eigenvalue weighted by atomic mass is 32.2. The number of benzene rings is 1. The number of nitrogens with one attached hydrogen (secondary N) is 1. The van der Waals surface area contributed by atoms with Gasteiger partial charge in [0.15, 0.2) is 0 Å². The molecule has 1 aromatic carbocycles. The number of hydrogen-bond acceptors (Lipinski definition) is 6. The lowest BCUT2D eigenvalue weighted by molar-refractivity contribution is -0.385. The summed E-state index contributed by atoms with van der Waals surface area (Å²) in [5.74, 6) is 1.10. The van der Waals surface area contributed by atoms with Crippen LogP contribution in [0.1, 0.15) is 16.8 Å². The van der Waals surface area contributed by atoms with E-state index in [1.165, 1.54) is 25.3 Å². The van der Waals surface area contributed by atoms with Crippen LogP contribution < -0.4 is 10.1 Å². The van der Waals surface area contributed by atoms with Crippen LogP contribution >= 0.6 is 11.8 Å². The molecule has 0 fully saturated rings. The fourth-order valence-electron chi connectivity index (χ4n) is 1.66. The number of rotatable bonds is 9. The van der Waals surface area contributed by atoms with Gasteiger partial charge in [0, 0.05) is 25.0 Å². The molecule has 0 aromatic heterocycles. The molecule has 0 atom stereocenters. The Labute approximate surface area is 126 Å². The average molecular weight is 314 g/mol. The van der Waals surface area contributed by atoms with E-state index < -0.39 is 10.8 Å². The third kappa shape index (κ3) is 5.24. The number of hydrogen-bond donors (Lipinski definition) is 2. The van der Waals surface area contributed by atoms with E-state index in [1.807, 2.05) is 0 Å². The van der Waals surface area contributed by atoms with E-state index in [1.54, 1.807) is 11.8 Å². The summed E-state index contributed by atoms with van der Waals surface area (Å²) in [7, 11) is 1.30. The van der Waals surface area contributed by atoms with Crippen molar-refractivity contribution >= 4 is 23.4 Å². The van der Waals surface area contributed by atoms with Gasteiger partial charge in [-0.1, -0.05) is 6.07 Å². The van der Waals surface area contributed by atoms with Crippen LogP contribution in [-0.2, 0) is 0 Å². The smallest absolute Gasteiger partial charge is 0.311 e. The number of thioether (sulfide) groups is 1. The zero-order valence-corrected chi connectivity index (χ0v) is 12.5. The van der Waals surface area contributed by atoms with Crippen LogP contribution in [0, 0.1) is 10.1 Å². The number of nitro groups is 1. The molecule has 0 saturated heterocycles. The molecule has 8 heteroatoms. The fourth-order valence-corrected chi connectivity index (χ4v) is 2.45. The molecular weight excluding hydrogens is 296 g/mol. The van der Waals surface area contributed by atoms with Gasteiger partial charge in [-0.3, -0.25) is 14.9 Å².